The molecule has 3 N–H and O–H groups in total. The summed E-state index contributed by atoms with van der Waals surface area (Å²) < 4.78 is 1.01. The Morgan fingerprint density at radius 1 is 1.11 bits per heavy atom. The molecule has 94 valence electrons. The summed E-state index contributed by atoms with van der Waals surface area (Å²) in [6.07, 6.45) is 3.52. The second kappa shape index (κ2) is 4.85. The van der Waals surface area contributed by atoms with Crippen molar-refractivity contribution in [3.8, 4) is 22.4 Å². The van der Waals surface area contributed by atoms with Gasteiger partial charge in [-0.15, -0.1) is 0 Å². The minimum Gasteiger partial charge on any atom is -0.382 e. The number of nitrogens with zero attached hydrogens (tertiary/aromatic N) is 2. The highest BCUT2D eigenvalue weighted by Crippen LogP contribution is 2.34. The van der Waals surface area contributed by atoms with Crippen LogP contribution in [-0.4, -0.2) is 15.2 Å². The molecule has 0 saturated heterocycles. The maximum Gasteiger partial charge on any atom is 0.153 e. The fourth-order valence-corrected chi connectivity index (χ4v) is 2.41. The molecule has 19 heavy (non-hydrogen) atoms. The Kier molecular flexibility index (Phi) is 3.05. The zero-order chi connectivity index (χ0) is 13.2. The molecule has 0 aliphatic rings. The molecule has 0 spiro atoms. The standard InChI is InChI=1S/C14H11BrN4/c15-11-5-1-3-9(7-11)13-12(14(16)19-18-13)10-4-2-6-17-8-10/h1-8H,(H3,16,18,19). The Morgan fingerprint density at radius 2 is 1.95 bits per heavy atom. The van der Waals surface area contributed by atoms with E-state index < -0.39 is 0 Å². The van der Waals surface area contributed by atoms with Gasteiger partial charge in [-0.3, -0.25) is 10.1 Å². The minimum atomic E-state index is 0.475. The lowest BCUT2D eigenvalue weighted by Crippen LogP contribution is -1.89. The number of nitrogens with one attached hydrogen (secondary N) is 1. The molecule has 0 saturated carbocycles. The number of halogens is 1. The van der Waals surface area contributed by atoms with Gasteiger partial charge in [0.2, 0.25) is 0 Å². The van der Waals surface area contributed by atoms with E-state index in [9.17, 15) is 0 Å². The molecule has 2 aromatic heterocycles. The average Bonchev–Trinajstić information content (AvgIpc) is 2.82. The van der Waals surface area contributed by atoms with E-state index in [2.05, 4.69) is 31.1 Å². The molecule has 0 atom stereocenters. The predicted octanol–water partition coefficient (Wildman–Crippen LogP) is 3.48. The van der Waals surface area contributed by atoms with E-state index in [1.54, 1.807) is 12.4 Å². The van der Waals surface area contributed by atoms with Crippen LogP contribution in [0.2, 0.25) is 0 Å². The molecular weight excluding hydrogens is 304 g/mol. The molecule has 0 amide bonds. The normalized spacial score (nSPS) is 10.6. The smallest absolute Gasteiger partial charge is 0.153 e. The number of H-pyrrole nitrogens is 1. The van der Waals surface area contributed by atoms with Crippen LogP contribution in [0.4, 0.5) is 5.82 Å². The van der Waals surface area contributed by atoms with Gasteiger partial charge in [0, 0.05) is 28.0 Å². The Balaban J connectivity index is 2.19. The lowest BCUT2D eigenvalue weighted by atomic mass is 10.0. The lowest BCUT2D eigenvalue weighted by molar-refractivity contribution is 1.10. The summed E-state index contributed by atoms with van der Waals surface area (Å²) in [4.78, 5) is 4.13. The molecule has 2 heterocycles. The third kappa shape index (κ3) is 2.24. The first-order chi connectivity index (χ1) is 9.25. The van der Waals surface area contributed by atoms with Gasteiger partial charge in [0.15, 0.2) is 5.82 Å². The number of aromatic nitrogens is 3. The van der Waals surface area contributed by atoms with Gasteiger partial charge >= 0.3 is 0 Å². The molecule has 0 aliphatic heterocycles. The molecule has 0 unspecified atom stereocenters. The van der Waals surface area contributed by atoms with E-state index in [1.165, 1.54) is 0 Å². The average molecular weight is 315 g/mol. The number of hydrogen-bond acceptors (Lipinski definition) is 3. The van der Waals surface area contributed by atoms with Gasteiger partial charge in [-0.05, 0) is 18.2 Å². The van der Waals surface area contributed by atoms with E-state index in [1.807, 2.05) is 36.4 Å². The largest absolute Gasteiger partial charge is 0.382 e. The van der Waals surface area contributed by atoms with Gasteiger partial charge in [-0.2, -0.15) is 5.10 Å². The number of anilines is 1. The predicted molar refractivity (Wildman–Crippen MR) is 79.4 cm³/mol. The summed E-state index contributed by atoms with van der Waals surface area (Å²) in [5, 5.41) is 7.10. The topological polar surface area (TPSA) is 67.6 Å². The fourth-order valence-electron chi connectivity index (χ4n) is 2.01. The van der Waals surface area contributed by atoms with Crippen LogP contribution >= 0.6 is 15.9 Å². The summed E-state index contributed by atoms with van der Waals surface area (Å²) >= 11 is 3.47. The fraction of sp³-hybridized carbons (Fsp3) is 0. The number of benzene rings is 1. The molecule has 0 fully saturated rings. The van der Waals surface area contributed by atoms with Gasteiger partial charge in [-0.1, -0.05) is 34.1 Å². The van der Waals surface area contributed by atoms with E-state index in [-0.39, 0.29) is 0 Å². The van der Waals surface area contributed by atoms with E-state index in [0.717, 1.165) is 26.9 Å². The molecule has 4 nitrogen and oxygen atoms in total. The maximum atomic E-state index is 5.97. The van der Waals surface area contributed by atoms with Crippen molar-refractivity contribution >= 4 is 21.7 Å². The lowest BCUT2D eigenvalue weighted by Gasteiger charge is -2.04. The molecule has 0 aliphatic carbocycles. The Hall–Kier alpha value is -2.14. The van der Waals surface area contributed by atoms with Crippen molar-refractivity contribution in [1.29, 1.82) is 0 Å². The zero-order valence-corrected chi connectivity index (χ0v) is 11.6. The first-order valence-electron chi connectivity index (χ1n) is 5.76. The van der Waals surface area contributed by atoms with Crippen LogP contribution in [0.5, 0.6) is 0 Å². The Labute approximate surface area is 118 Å². The van der Waals surface area contributed by atoms with Crippen molar-refractivity contribution in [2.45, 2.75) is 0 Å². The number of nitrogens with two attached hydrogens (primary N) is 1. The van der Waals surface area contributed by atoms with Crippen LogP contribution in [0.1, 0.15) is 0 Å². The summed E-state index contributed by atoms with van der Waals surface area (Å²) in [5.74, 6) is 0.475. The SMILES string of the molecule is Nc1n[nH]c(-c2cccc(Br)c2)c1-c1cccnc1. The third-order valence-electron chi connectivity index (χ3n) is 2.86. The van der Waals surface area contributed by atoms with Gasteiger partial charge in [0.05, 0.1) is 11.3 Å². The van der Waals surface area contributed by atoms with Crippen LogP contribution < -0.4 is 5.73 Å². The van der Waals surface area contributed by atoms with Crippen molar-refractivity contribution in [1.82, 2.24) is 15.2 Å². The third-order valence-corrected chi connectivity index (χ3v) is 3.35. The number of pyridine rings is 1. The highest BCUT2D eigenvalue weighted by atomic mass is 79.9. The van der Waals surface area contributed by atoms with Crippen molar-refractivity contribution in [2.24, 2.45) is 0 Å². The van der Waals surface area contributed by atoms with Gasteiger partial charge in [-0.25, -0.2) is 0 Å². The second-order valence-electron chi connectivity index (χ2n) is 4.11. The van der Waals surface area contributed by atoms with Crippen molar-refractivity contribution < 1.29 is 0 Å². The van der Waals surface area contributed by atoms with Crippen molar-refractivity contribution in [3.05, 3.63) is 53.3 Å². The Bertz CT molecular complexity index is 706. The molecule has 1 aromatic carbocycles. The zero-order valence-electron chi connectivity index (χ0n) is 9.97. The van der Waals surface area contributed by atoms with Crippen LogP contribution in [0, 0.1) is 0 Å². The van der Waals surface area contributed by atoms with E-state index >= 15 is 0 Å². The van der Waals surface area contributed by atoms with Gasteiger partial charge in [0.1, 0.15) is 0 Å². The molecule has 5 heteroatoms. The summed E-state index contributed by atoms with van der Waals surface area (Å²) in [6.45, 7) is 0. The highest BCUT2D eigenvalue weighted by Gasteiger charge is 2.14. The number of rotatable bonds is 2. The first-order valence-corrected chi connectivity index (χ1v) is 6.55. The highest BCUT2D eigenvalue weighted by molar-refractivity contribution is 9.10. The van der Waals surface area contributed by atoms with E-state index in [4.69, 9.17) is 5.73 Å². The first kappa shape index (κ1) is 11.9. The number of nitrogen functional groups attached to an aromatic ring is 1. The quantitative estimate of drug-likeness (QED) is 0.761. The monoisotopic (exact) mass is 314 g/mol. The minimum absolute atomic E-state index is 0.475. The summed E-state index contributed by atoms with van der Waals surface area (Å²) in [5.41, 5.74) is 9.72. The molecule has 0 radical (unpaired) electrons. The second-order valence-corrected chi connectivity index (χ2v) is 5.03. The van der Waals surface area contributed by atoms with Crippen molar-refractivity contribution in [3.63, 3.8) is 0 Å². The number of aromatic amines is 1. The van der Waals surface area contributed by atoms with Gasteiger partial charge < -0.3 is 5.73 Å². The van der Waals surface area contributed by atoms with Gasteiger partial charge in [0.25, 0.3) is 0 Å². The van der Waals surface area contributed by atoms with Crippen LogP contribution in [0.25, 0.3) is 22.4 Å². The van der Waals surface area contributed by atoms with E-state index in [0.29, 0.717) is 5.82 Å². The summed E-state index contributed by atoms with van der Waals surface area (Å²) in [6, 6.07) is 11.8. The molecule has 3 rings (SSSR count). The number of hydrogen-bond donors (Lipinski definition) is 2. The Morgan fingerprint density at radius 3 is 2.68 bits per heavy atom. The maximum absolute atomic E-state index is 5.97. The summed E-state index contributed by atoms with van der Waals surface area (Å²) in [7, 11) is 0. The molecular formula is C14H11BrN4. The van der Waals surface area contributed by atoms with Crippen molar-refractivity contribution in [2.75, 3.05) is 5.73 Å². The van der Waals surface area contributed by atoms with Crippen LogP contribution in [0.3, 0.4) is 0 Å². The molecule has 3 aromatic rings. The van der Waals surface area contributed by atoms with Crippen LogP contribution in [0.15, 0.2) is 53.3 Å². The molecule has 0 bridgehead atoms. The van der Waals surface area contributed by atoms with Crippen LogP contribution in [-0.2, 0) is 0 Å².